The molecule has 0 radical (unpaired) electrons. The Hall–Kier alpha value is -4.26. The van der Waals surface area contributed by atoms with Crippen LogP contribution in [-0.4, -0.2) is 25.8 Å². The Labute approximate surface area is 191 Å². The highest BCUT2D eigenvalue weighted by Gasteiger charge is 2.19. The van der Waals surface area contributed by atoms with Gasteiger partial charge < -0.3 is 9.84 Å². The van der Waals surface area contributed by atoms with Crippen LogP contribution in [0.3, 0.4) is 0 Å². The lowest BCUT2D eigenvalue weighted by molar-refractivity contribution is -0.116. The molecule has 1 N–H and O–H groups in total. The van der Waals surface area contributed by atoms with Gasteiger partial charge in [-0.05, 0) is 37.1 Å². The van der Waals surface area contributed by atoms with Crippen molar-refractivity contribution in [2.45, 2.75) is 26.8 Å². The number of fused-ring (bicyclic) bond motifs is 1. The Kier molecular flexibility index (Phi) is 5.44. The van der Waals surface area contributed by atoms with E-state index in [1.165, 1.54) is 5.56 Å². The summed E-state index contributed by atoms with van der Waals surface area (Å²) in [5, 5.41) is 12.6. The molecule has 0 atom stereocenters. The monoisotopic (exact) mass is 437 g/mol. The predicted molar refractivity (Wildman–Crippen MR) is 128 cm³/mol. The topological polar surface area (TPSA) is 85.8 Å². The summed E-state index contributed by atoms with van der Waals surface area (Å²) in [4.78, 5) is 17.3. The molecule has 0 saturated heterocycles. The quantitative estimate of drug-likeness (QED) is 0.391. The van der Waals surface area contributed by atoms with Crippen LogP contribution in [0, 0.1) is 6.92 Å². The number of anilines is 1. The van der Waals surface area contributed by atoms with E-state index in [0.29, 0.717) is 17.4 Å². The van der Waals surface area contributed by atoms with Gasteiger partial charge in [-0.3, -0.25) is 9.48 Å². The van der Waals surface area contributed by atoms with E-state index >= 15 is 0 Å². The van der Waals surface area contributed by atoms with Crippen molar-refractivity contribution in [3.63, 3.8) is 0 Å². The number of hydrogen-bond donors (Lipinski definition) is 1. The second-order valence-corrected chi connectivity index (χ2v) is 7.91. The minimum Gasteiger partial charge on any atom is -0.332 e. The highest BCUT2D eigenvalue weighted by molar-refractivity contribution is 5.94. The number of nitrogens with zero attached hydrogens (tertiary/aromatic N) is 4. The Balaban J connectivity index is 1.42. The van der Waals surface area contributed by atoms with Crippen LogP contribution in [0.25, 0.3) is 33.9 Å². The second kappa shape index (κ2) is 8.70. The molecule has 5 rings (SSSR count). The van der Waals surface area contributed by atoms with Crippen molar-refractivity contribution in [1.82, 2.24) is 19.9 Å². The molecular formula is C26H23N5O2. The van der Waals surface area contributed by atoms with Gasteiger partial charge in [-0.2, -0.15) is 10.1 Å². The van der Waals surface area contributed by atoms with Crippen molar-refractivity contribution >= 4 is 22.5 Å². The number of hydrogen-bond acceptors (Lipinski definition) is 5. The van der Waals surface area contributed by atoms with Crippen LogP contribution < -0.4 is 5.32 Å². The second-order valence-electron chi connectivity index (χ2n) is 7.91. The van der Waals surface area contributed by atoms with Gasteiger partial charge in [0.05, 0.1) is 5.52 Å². The highest BCUT2D eigenvalue weighted by Crippen LogP contribution is 2.28. The fraction of sp³-hybridized carbons (Fsp3) is 0.154. The lowest BCUT2D eigenvalue weighted by Gasteiger charge is -2.07. The molecule has 0 aliphatic heterocycles. The average molecular weight is 438 g/mol. The number of amides is 1. The van der Waals surface area contributed by atoms with Gasteiger partial charge in [0.25, 0.3) is 5.89 Å². The number of nitrogens with one attached hydrogen (secondary N) is 1. The molecule has 0 aliphatic rings. The fourth-order valence-corrected chi connectivity index (χ4v) is 3.71. The Morgan fingerprint density at radius 2 is 1.76 bits per heavy atom. The Morgan fingerprint density at radius 1 is 1.00 bits per heavy atom. The zero-order chi connectivity index (χ0) is 22.8. The SMILES string of the molecule is CCc1ccc(NC(=O)Cn2nc(-c3nc(-c4ccc(C)cc4)no3)c3ccccc32)cc1. The van der Waals surface area contributed by atoms with Crippen LogP contribution in [0.5, 0.6) is 0 Å². The van der Waals surface area contributed by atoms with Crippen molar-refractivity contribution < 1.29 is 9.32 Å². The number of carbonyl (C=O) groups excluding carboxylic acids is 1. The first kappa shape index (κ1) is 20.6. The molecule has 7 nitrogen and oxygen atoms in total. The third kappa shape index (κ3) is 4.25. The summed E-state index contributed by atoms with van der Waals surface area (Å²) in [6.45, 7) is 4.19. The molecule has 164 valence electrons. The molecule has 3 aromatic carbocycles. The largest absolute Gasteiger partial charge is 0.332 e. The summed E-state index contributed by atoms with van der Waals surface area (Å²) in [6, 6.07) is 23.5. The van der Waals surface area contributed by atoms with Crippen molar-refractivity contribution in [3.8, 4) is 23.0 Å². The van der Waals surface area contributed by atoms with E-state index in [2.05, 4.69) is 27.5 Å². The zero-order valence-corrected chi connectivity index (χ0v) is 18.4. The van der Waals surface area contributed by atoms with Crippen molar-refractivity contribution in [1.29, 1.82) is 0 Å². The van der Waals surface area contributed by atoms with E-state index in [-0.39, 0.29) is 12.5 Å². The summed E-state index contributed by atoms with van der Waals surface area (Å²) in [6.07, 6.45) is 0.956. The zero-order valence-electron chi connectivity index (χ0n) is 18.4. The Morgan fingerprint density at radius 3 is 2.52 bits per heavy atom. The van der Waals surface area contributed by atoms with Crippen molar-refractivity contribution in [2.24, 2.45) is 0 Å². The van der Waals surface area contributed by atoms with Crippen molar-refractivity contribution in [2.75, 3.05) is 5.32 Å². The van der Waals surface area contributed by atoms with Crippen LogP contribution in [0.4, 0.5) is 5.69 Å². The Bertz CT molecular complexity index is 1420. The molecule has 0 bridgehead atoms. The molecule has 7 heteroatoms. The summed E-state index contributed by atoms with van der Waals surface area (Å²) in [5.41, 5.74) is 5.38. The number of rotatable bonds is 6. The third-order valence-corrected chi connectivity index (χ3v) is 5.54. The van der Waals surface area contributed by atoms with Crippen LogP contribution in [0.2, 0.25) is 0 Å². The first-order valence-electron chi connectivity index (χ1n) is 10.9. The standard InChI is InChI=1S/C26H23N5O2/c1-3-18-10-14-20(15-11-18)27-23(32)16-31-22-7-5-4-6-21(22)24(29-31)26-28-25(30-33-26)19-12-8-17(2)9-13-19/h4-15H,3,16H2,1-2H3,(H,27,32). The predicted octanol–water partition coefficient (Wildman–Crippen LogP) is 5.26. The summed E-state index contributed by atoms with van der Waals surface area (Å²) < 4.78 is 7.20. The van der Waals surface area contributed by atoms with E-state index in [9.17, 15) is 4.79 Å². The van der Waals surface area contributed by atoms with Gasteiger partial charge >= 0.3 is 0 Å². The number of aryl methyl sites for hydroxylation is 2. The van der Waals surface area contributed by atoms with E-state index in [0.717, 1.165) is 34.1 Å². The minimum absolute atomic E-state index is 0.0645. The summed E-state index contributed by atoms with van der Waals surface area (Å²) in [7, 11) is 0. The van der Waals surface area contributed by atoms with E-state index in [1.807, 2.05) is 79.7 Å². The maximum atomic E-state index is 12.7. The van der Waals surface area contributed by atoms with E-state index in [4.69, 9.17) is 4.52 Å². The summed E-state index contributed by atoms with van der Waals surface area (Å²) >= 11 is 0. The molecule has 33 heavy (non-hydrogen) atoms. The van der Waals surface area contributed by atoms with Gasteiger partial charge in [0, 0.05) is 16.6 Å². The van der Waals surface area contributed by atoms with Crippen LogP contribution >= 0.6 is 0 Å². The van der Waals surface area contributed by atoms with Gasteiger partial charge in [0.1, 0.15) is 6.54 Å². The number of para-hydroxylation sites is 1. The maximum absolute atomic E-state index is 12.7. The highest BCUT2D eigenvalue weighted by atomic mass is 16.5. The van der Waals surface area contributed by atoms with Crippen LogP contribution in [0.1, 0.15) is 18.1 Å². The number of benzene rings is 3. The average Bonchev–Trinajstić information content (AvgIpc) is 3.46. The van der Waals surface area contributed by atoms with Gasteiger partial charge in [0.2, 0.25) is 11.7 Å². The lowest BCUT2D eigenvalue weighted by Crippen LogP contribution is -2.19. The van der Waals surface area contributed by atoms with Gasteiger partial charge in [-0.1, -0.05) is 72.2 Å². The molecule has 2 aromatic heterocycles. The molecule has 1 amide bonds. The van der Waals surface area contributed by atoms with E-state index < -0.39 is 0 Å². The third-order valence-electron chi connectivity index (χ3n) is 5.54. The normalized spacial score (nSPS) is 11.1. The molecule has 0 fully saturated rings. The molecule has 0 unspecified atom stereocenters. The number of carbonyl (C=O) groups is 1. The molecular weight excluding hydrogens is 414 g/mol. The molecule has 2 heterocycles. The van der Waals surface area contributed by atoms with Gasteiger partial charge in [-0.25, -0.2) is 0 Å². The van der Waals surface area contributed by atoms with Crippen LogP contribution in [-0.2, 0) is 17.8 Å². The number of aromatic nitrogens is 4. The first-order valence-corrected chi connectivity index (χ1v) is 10.9. The summed E-state index contributed by atoms with van der Waals surface area (Å²) in [5.74, 6) is 0.651. The van der Waals surface area contributed by atoms with Crippen LogP contribution in [0.15, 0.2) is 77.3 Å². The fourth-order valence-electron chi connectivity index (χ4n) is 3.71. The van der Waals surface area contributed by atoms with E-state index in [1.54, 1.807) is 4.68 Å². The van der Waals surface area contributed by atoms with Gasteiger partial charge in [-0.15, -0.1) is 0 Å². The molecule has 0 saturated carbocycles. The molecule has 0 spiro atoms. The van der Waals surface area contributed by atoms with Crippen molar-refractivity contribution in [3.05, 3.63) is 83.9 Å². The lowest BCUT2D eigenvalue weighted by atomic mass is 10.1. The molecule has 0 aliphatic carbocycles. The first-order chi connectivity index (χ1) is 16.1. The molecule has 5 aromatic rings. The maximum Gasteiger partial charge on any atom is 0.279 e. The van der Waals surface area contributed by atoms with Gasteiger partial charge in [0.15, 0.2) is 5.69 Å². The minimum atomic E-state index is -0.162. The smallest absolute Gasteiger partial charge is 0.279 e.